The lowest BCUT2D eigenvalue weighted by Crippen LogP contribution is -2.29. The average Bonchev–Trinajstić information content (AvgIpc) is 2.61. The molecule has 0 atom stereocenters. The number of benzene rings is 2. The molecule has 2 nitrogen and oxygen atoms in total. The van der Waals surface area contributed by atoms with Gasteiger partial charge in [0, 0.05) is 34.7 Å². The van der Waals surface area contributed by atoms with Crippen molar-refractivity contribution < 1.29 is 0 Å². The van der Waals surface area contributed by atoms with Gasteiger partial charge in [-0.1, -0.05) is 41.9 Å². The summed E-state index contributed by atoms with van der Waals surface area (Å²) in [6.07, 6.45) is 3.87. The van der Waals surface area contributed by atoms with E-state index < -0.39 is 0 Å². The van der Waals surface area contributed by atoms with E-state index in [1.165, 1.54) is 30.3 Å². The fourth-order valence-corrected chi connectivity index (χ4v) is 3.54. The van der Waals surface area contributed by atoms with Crippen LogP contribution in [0.4, 0.5) is 5.69 Å². The second-order valence-corrected chi connectivity index (χ2v) is 6.54. The molecule has 0 spiro atoms. The van der Waals surface area contributed by atoms with Crippen LogP contribution in [0.25, 0.3) is 22.2 Å². The molecule has 0 unspecified atom stereocenters. The monoisotopic (exact) mass is 322 g/mol. The van der Waals surface area contributed by atoms with Crippen molar-refractivity contribution in [1.29, 1.82) is 0 Å². The summed E-state index contributed by atoms with van der Waals surface area (Å²) >= 11 is 6.16. The molecule has 0 radical (unpaired) electrons. The van der Waals surface area contributed by atoms with E-state index in [-0.39, 0.29) is 0 Å². The Morgan fingerprint density at radius 2 is 1.70 bits per heavy atom. The zero-order valence-corrected chi connectivity index (χ0v) is 13.8. The molecule has 0 saturated carbocycles. The maximum Gasteiger partial charge on any atom is 0.0730 e. The first-order valence-electron chi connectivity index (χ1n) is 8.22. The van der Waals surface area contributed by atoms with Gasteiger partial charge < -0.3 is 4.90 Å². The second-order valence-electron chi connectivity index (χ2n) is 6.10. The number of aromatic nitrogens is 1. The van der Waals surface area contributed by atoms with Gasteiger partial charge >= 0.3 is 0 Å². The third-order valence-electron chi connectivity index (χ3n) is 4.51. The SMILES string of the molecule is Clc1cccc(-c2cc(N3CCCCC3)c3ccccc3n2)c1. The number of anilines is 1. The van der Waals surface area contributed by atoms with Gasteiger partial charge in [-0.25, -0.2) is 4.98 Å². The lowest BCUT2D eigenvalue weighted by Gasteiger charge is -2.30. The Labute approximate surface area is 141 Å². The topological polar surface area (TPSA) is 16.1 Å². The van der Waals surface area contributed by atoms with Crippen molar-refractivity contribution in [3.8, 4) is 11.3 Å². The minimum absolute atomic E-state index is 0.747. The highest BCUT2D eigenvalue weighted by molar-refractivity contribution is 6.30. The standard InChI is InChI=1S/C20H19ClN2/c21-16-8-6-7-15(13-16)19-14-20(23-11-4-1-5-12-23)17-9-2-3-10-18(17)22-19/h2-3,6-10,13-14H,1,4-5,11-12H2. The summed E-state index contributed by atoms with van der Waals surface area (Å²) in [6, 6.07) is 18.6. The molecule has 1 fully saturated rings. The van der Waals surface area contributed by atoms with Crippen molar-refractivity contribution in [2.45, 2.75) is 19.3 Å². The van der Waals surface area contributed by atoms with Gasteiger partial charge in [-0.2, -0.15) is 0 Å². The summed E-state index contributed by atoms with van der Waals surface area (Å²) in [5.74, 6) is 0. The molecule has 3 heteroatoms. The van der Waals surface area contributed by atoms with Crippen molar-refractivity contribution in [1.82, 2.24) is 4.98 Å². The molecule has 0 bridgehead atoms. The minimum atomic E-state index is 0.747. The van der Waals surface area contributed by atoms with E-state index >= 15 is 0 Å². The smallest absolute Gasteiger partial charge is 0.0730 e. The summed E-state index contributed by atoms with van der Waals surface area (Å²) in [5.41, 5.74) is 4.41. The number of pyridine rings is 1. The first-order chi connectivity index (χ1) is 11.3. The Morgan fingerprint density at radius 1 is 0.870 bits per heavy atom. The van der Waals surface area contributed by atoms with Crippen molar-refractivity contribution >= 4 is 28.2 Å². The van der Waals surface area contributed by atoms with E-state index in [0.29, 0.717) is 0 Å². The number of hydrogen-bond acceptors (Lipinski definition) is 2. The number of rotatable bonds is 2. The Bertz CT molecular complexity index is 838. The van der Waals surface area contributed by atoms with Crippen LogP contribution in [0.5, 0.6) is 0 Å². The highest BCUT2D eigenvalue weighted by Crippen LogP contribution is 2.33. The number of nitrogens with zero attached hydrogens (tertiary/aromatic N) is 2. The maximum atomic E-state index is 6.16. The molecule has 2 heterocycles. The van der Waals surface area contributed by atoms with E-state index in [4.69, 9.17) is 16.6 Å². The van der Waals surface area contributed by atoms with E-state index in [9.17, 15) is 0 Å². The van der Waals surface area contributed by atoms with E-state index in [2.05, 4.69) is 41.3 Å². The maximum absolute atomic E-state index is 6.16. The molecule has 3 aromatic rings. The van der Waals surface area contributed by atoms with Crippen LogP contribution in [0.3, 0.4) is 0 Å². The molecule has 1 aliphatic heterocycles. The van der Waals surface area contributed by atoms with Gasteiger partial charge in [-0.15, -0.1) is 0 Å². The molecule has 4 rings (SSSR count). The van der Waals surface area contributed by atoms with Gasteiger partial charge in [-0.3, -0.25) is 0 Å². The minimum Gasteiger partial charge on any atom is -0.371 e. The fraction of sp³-hybridized carbons (Fsp3) is 0.250. The van der Waals surface area contributed by atoms with Crippen LogP contribution in [0.15, 0.2) is 54.6 Å². The van der Waals surface area contributed by atoms with Crippen molar-refractivity contribution in [2.75, 3.05) is 18.0 Å². The van der Waals surface area contributed by atoms with Crippen LogP contribution in [0, 0.1) is 0 Å². The van der Waals surface area contributed by atoms with Gasteiger partial charge in [0.1, 0.15) is 0 Å². The second kappa shape index (κ2) is 6.21. The van der Waals surface area contributed by atoms with E-state index in [1.807, 2.05) is 18.2 Å². The normalized spacial score (nSPS) is 15.1. The molecule has 116 valence electrons. The lowest BCUT2D eigenvalue weighted by molar-refractivity contribution is 0.579. The molecule has 23 heavy (non-hydrogen) atoms. The van der Waals surface area contributed by atoms with Gasteiger partial charge in [0.05, 0.1) is 11.2 Å². The molecular formula is C20H19ClN2. The quantitative estimate of drug-likeness (QED) is 0.615. The third kappa shape index (κ3) is 2.91. The van der Waals surface area contributed by atoms with Gasteiger partial charge in [0.25, 0.3) is 0 Å². The highest BCUT2D eigenvalue weighted by atomic mass is 35.5. The molecule has 1 aliphatic rings. The lowest BCUT2D eigenvalue weighted by atomic mass is 10.0. The van der Waals surface area contributed by atoms with Crippen LogP contribution in [-0.4, -0.2) is 18.1 Å². The molecule has 2 aromatic carbocycles. The molecule has 1 aromatic heterocycles. The number of para-hydroxylation sites is 1. The van der Waals surface area contributed by atoms with Crippen LogP contribution in [0.2, 0.25) is 5.02 Å². The van der Waals surface area contributed by atoms with E-state index in [1.54, 1.807) is 0 Å². The number of halogens is 1. The molecule has 0 amide bonds. The first kappa shape index (κ1) is 14.5. The first-order valence-corrected chi connectivity index (χ1v) is 8.60. The zero-order valence-electron chi connectivity index (χ0n) is 13.0. The third-order valence-corrected chi connectivity index (χ3v) is 4.75. The van der Waals surface area contributed by atoms with Crippen LogP contribution in [0.1, 0.15) is 19.3 Å². The summed E-state index contributed by atoms with van der Waals surface area (Å²) in [4.78, 5) is 7.36. The van der Waals surface area contributed by atoms with Crippen LogP contribution in [-0.2, 0) is 0 Å². The molecule has 0 aliphatic carbocycles. The summed E-state index contributed by atoms with van der Waals surface area (Å²) < 4.78 is 0. The number of piperidine rings is 1. The predicted molar refractivity (Wildman–Crippen MR) is 98.3 cm³/mol. The summed E-state index contributed by atoms with van der Waals surface area (Å²) in [7, 11) is 0. The summed E-state index contributed by atoms with van der Waals surface area (Å²) in [6.45, 7) is 2.26. The van der Waals surface area contributed by atoms with Crippen LogP contribution >= 0.6 is 11.6 Å². The zero-order chi connectivity index (χ0) is 15.6. The molecular weight excluding hydrogens is 304 g/mol. The van der Waals surface area contributed by atoms with Gasteiger partial charge in [-0.05, 0) is 43.5 Å². The Hall–Kier alpha value is -2.06. The Balaban J connectivity index is 1.89. The molecule has 1 saturated heterocycles. The largest absolute Gasteiger partial charge is 0.371 e. The van der Waals surface area contributed by atoms with Crippen molar-refractivity contribution in [3.05, 3.63) is 59.6 Å². The Kier molecular flexibility index (Phi) is 3.92. The predicted octanol–water partition coefficient (Wildman–Crippen LogP) is 5.55. The number of hydrogen-bond donors (Lipinski definition) is 0. The van der Waals surface area contributed by atoms with Gasteiger partial charge in [0.15, 0.2) is 0 Å². The van der Waals surface area contributed by atoms with Crippen molar-refractivity contribution in [2.24, 2.45) is 0 Å². The fourth-order valence-electron chi connectivity index (χ4n) is 3.35. The number of fused-ring (bicyclic) bond motifs is 1. The Morgan fingerprint density at radius 3 is 2.52 bits per heavy atom. The average molecular weight is 323 g/mol. The van der Waals surface area contributed by atoms with E-state index in [0.717, 1.165) is 34.9 Å². The van der Waals surface area contributed by atoms with Crippen LogP contribution < -0.4 is 4.90 Å². The summed E-state index contributed by atoms with van der Waals surface area (Å²) in [5, 5.41) is 1.98. The van der Waals surface area contributed by atoms with Crippen molar-refractivity contribution in [3.63, 3.8) is 0 Å². The highest BCUT2D eigenvalue weighted by Gasteiger charge is 2.16. The molecule has 0 N–H and O–H groups in total. The van der Waals surface area contributed by atoms with Gasteiger partial charge in [0.2, 0.25) is 0 Å².